The van der Waals surface area contributed by atoms with Gasteiger partial charge in [0.2, 0.25) is 0 Å². The number of anilines is 1. The number of halogens is 1. The third kappa shape index (κ3) is 5.12. The molecular weight excluding hydrogens is 335 g/mol. The van der Waals surface area contributed by atoms with Crippen molar-refractivity contribution in [1.82, 2.24) is 15.1 Å². The van der Waals surface area contributed by atoms with Crippen LogP contribution in [0.1, 0.15) is 16.7 Å². The van der Waals surface area contributed by atoms with Gasteiger partial charge in [0.25, 0.3) is 0 Å². The maximum absolute atomic E-state index is 12.9. The zero-order chi connectivity index (χ0) is 17.6. The second-order valence-corrected chi connectivity index (χ2v) is 6.25. The van der Waals surface area contributed by atoms with Gasteiger partial charge in [-0.2, -0.15) is 5.10 Å². The molecule has 25 heavy (non-hydrogen) atoms. The third-order valence-corrected chi connectivity index (χ3v) is 3.97. The lowest BCUT2D eigenvalue weighted by Gasteiger charge is -2.09. The second kappa shape index (κ2) is 7.90. The van der Waals surface area contributed by atoms with Crippen LogP contribution in [0.25, 0.3) is 0 Å². The first-order chi connectivity index (χ1) is 12.1. The number of aromatic nitrogens is 2. The van der Waals surface area contributed by atoms with Gasteiger partial charge in [0, 0.05) is 12.7 Å². The summed E-state index contributed by atoms with van der Waals surface area (Å²) in [7, 11) is 0. The molecule has 2 N–H and O–H groups in total. The fourth-order valence-electron chi connectivity index (χ4n) is 2.36. The average molecular weight is 354 g/mol. The molecule has 0 amide bonds. The Kier molecular flexibility index (Phi) is 5.40. The number of thiocarbonyl (C=S) groups is 1. The smallest absolute Gasteiger partial charge is 0.171 e. The Morgan fingerprint density at radius 2 is 1.76 bits per heavy atom. The summed E-state index contributed by atoms with van der Waals surface area (Å²) >= 11 is 5.28. The van der Waals surface area contributed by atoms with E-state index in [0.29, 0.717) is 18.2 Å². The van der Waals surface area contributed by atoms with Gasteiger partial charge in [-0.25, -0.2) is 4.39 Å². The zero-order valence-electron chi connectivity index (χ0n) is 13.9. The molecule has 1 heterocycles. The van der Waals surface area contributed by atoms with E-state index in [9.17, 15) is 4.39 Å². The topological polar surface area (TPSA) is 41.9 Å². The van der Waals surface area contributed by atoms with Gasteiger partial charge >= 0.3 is 0 Å². The van der Waals surface area contributed by atoms with Crippen LogP contribution < -0.4 is 10.6 Å². The molecule has 0 atom stereocenters. The molecule has 0 radical (unpaired) electrons. The van der Waals surface area contributed by atoms with Crippen molar-refractivity contribution in [2.75, 3.05) is 5.32 Å². The van der Waals surface area contributed by atoms with Gasteiger partial charge in [0.05, 0.1) is 18.4 Å². The van der Waals surface area contributed by atoms with Crippen LogP contribution in [0.5, 0.6) is 0 Å². The zero-order valence-corrected chi connectivity index (χ0v) is 14.7. The maximum atomic E-state index is 12.9. The molecule has 3 aromatic rings. The predicted molar refractivity (Wildman–Crippen MR) is 102 cm³/mol. The Bertz CT molecular complexity index is 841. The summed E-state index contributed by atoms with van der Waals surface area (Å²) in [6.45, 7) is 3.31. The first-order valence-corrected chi connectivity index (χ1v) is 8.36. The molecule has 0 spiro atoms. The van der Waals surface area contributed by atoms with Gasteiger partial charge in [-0.1, -0.05) is 42.0 Å². The van der Waals surface area contributed by atoms with E-state index in [0.717, 1.165) is 11.3 Å². The van der Waals surface area contributed by atoms with Crippen molar-refractivity contribution in [3.8, 4) is 0 Å². The average Bonchev–Trinajstić information content (AvgIpc) is 3.03. The van der Waals surface area contributed by atoms with Crippen LogP contribution >= 0.6 is 12.2 Å². The summed E-state index contributed by atoms with van der Waals surface area (Å²) in [6, 6.07) is 14.7. The summed E-state index contributed by atoms with van der Waals surface area (Å²) < 4.78 is 14.7. The van der Waals surface area contributed by atoms with Gasteiger partial charge in [0.15, 0.2) is 5.11 Å². The summed E-state index contributed by atoms with van der Waals surface area (Å²) in [5.41, 5.74) is 4.21. The van der Waals surface area contributed by atoms with E-state index < -0.39 is 0 Å². The van der Waals surface area contributed by atoms with Crippen LogP contribution in [-0.2, 0) is 13.1 Å². The number of rotatable bonds is 5. The van der Waals surface area contributed by atoms with E-state index in [1.165, 1.54) is 23.3 Å². The molecule has 0 saturated carbocycles. The lowest BCUT2D eigenvalue weighted by molar-refractivity contribution is 0.627. The van der Waals surface area contributed by atoms with Crippen molar-refractivity contribution < 1.29 is 4.39 Å². The van der Waals surface area contributed by atoms with Crippen molar-refractivity contribution in [2.45, 2.75) is 20.0 Å². The SMILES string of the molecule is Cc1ccc(Cn2cc(NC(=S)NCc3ccc(F)cc3)cn2)cc1. The van der Waals surface area contributed by atoms with E-state index >= 15 is 0 Å². The van der Waals surface area contributed by atoms with Crippen molar-refractivity contribution >= 4 is 23.0 Å². The molecule has 0 aliphatic heterocycles. The molecular formula is C19H19FN4S. The van der Waals surface area contributed by atoms with E-state index in [4.69, 9.17) is 12.2 Å². The number of nitrogens with one attached hydrogen (secondary N) is 2. The second-order valence-electron chi connectivity index (χ2n) is 5.85. The lowest BCUT2D eigenvalue weighted by atomic mass is 10.1. The molecule has 0 aliphatic carbocycles. The van der Waals surface area contributed by atoms with E-state index in [1.54, 1.807) is 18.3 Å². The predicted octanol–water partition coefficient (Wildman–Crippen LogP) is 3.87. The van der Waals surface area contributed by atoms with Crippen LogP contribution in [0, 0.1) is 12.7 Å². The summed E-state index contributed by atoms with van der Waals surface area (Å²) in [6.07, 6.45) is 3.64. The first kappa shape index (κ1) is 17.1. The van der Waals surface area contributed by atoms with Crippen LogP contribution in [0.15, 0.2) is 60.9 Å². The number of benzene rings is 2. The number of nitrogens with zero attached hydrogens (tertiary/aromatic N) is 2. The molecule has 6 heteroatoms. The van der Waals surface area contributed by atoms with Gasteiger partial charge in [-0.15, -0.1) is 0 Å². The molecule has 128 valence electrons. The van der Waals surface area contributed by atoms with E-state index in [2.05, 4.69) is 46.9 Å². The largest absolute Gasteiger partial charge is 0.358 e. The number of hydrogen-bond donors (Lipinski definition) is 2. The van der Waals surface area contributed by atoms with Gasteiger partial charge in [-0.3, -0.25) is 4.68 Å². The third-order valence-electron chi connectivity index (χ3n) is 3.72. The fraction of sp³-hybridized carbons (Fsp3) is 0.158. The lowest BCUT2D eigenvalue weighted by Crippen LogP contribution is -2.27. The minimum atomic E-state index is -0.245. The summed E-state index contributed by atoms with van der Waals surface area (Å²) in [5, 5.41) is 11.0. The highest BCUT2D eigenvalue weighted by molar-refractivity contribution is 7.80. The molecule has 1 aromatic heterocycles. The van der Waals surface area contributed by atoms with Gasteiger partial charge < -0.3 is 10.6 Å². The van der Waals surface area contributed by atoms with Crippen molar-refractivity contribution in [2.24, 2.45) is 0 Å². The van der Waals surface area contributed by atoms with Crippen LogP contribution in [-0.4, -0.2) is 14.9 Å². The normalized spacial score (nSPS) is 10.5. The van der Waals surface area contributed by atoms with Crippen LogP contribution in [0.3, 0.4) is 0 Å². The maximum Gasteiger partial charge on any atom is 0.171 e. The van der Waals surface area contributed by atoms with Crippen molar-refractivity contribution in [3.63, 3.8) is 0 Å². The van der Waals surface area contributed by atoms with Crippen LogP contribution in [0.4, 0.5) is 10.1 Å². The summed E-state index contributed by atoms with van der Waals surface area (Å²) in [5.74, 6) is -0.245. The van der Waals surface area contributed by atoms with Crippen LogP contribution in [0.2, 0.25) is 0 Å². The molecule has 0 saturated heterocycles. The fourth-order valence-corrected chi connectivity index (χ4v) is 2.55. The van der Waals surface area contributed by atoms with Crippen molar-refractivity contribution in [3.05, 3.63) is 83.4 Å². The molecule has 0 unspecified atom stereocenters. The highest BCUT2D eigenvalue weighted by Crippen LogP contribution is 2.09. The highest BCUT2D eigenvalue weighted by Gasteiger charge is 2.03. The molecule has 0 bridgehead atoms. The van der Waals surface area contributed by atoms with E-state index in [1.807, 2.05) is 10.9 Å². The number of hydrogen-bond acceptors (Lipinski definition) is 2. The Morgan fingerprint density at radius 1 is 1.08 bits per heavy atom. The molecule has 0 aliphatic rings. The van der Waals surface area contributed by atoms with Gasteiger partial charge in [0.1, 0.15) is 5.82 Å². The van der Waals surface area contributed by atoms with Gasteiger partial charge in [-0.05, 0) is 42.4 Å². The quantitative estimate of drug-likeness (QED) is 0.683. The first-order valence-electron chi connectivity index (χ1n) is 7.96. The minimum Gasteiger partial charge on any atom is -0.358 e. The Morgan fingerprint density at radius 3 is 2.48 bits per heavy atom. The highest BCUT2D eigenvalue weighted by atomic mass is 32.1. The monoisotopic (exact) mass is 354 g/mol. The molecule has 2 aromatic carbocycles. The molecule has 3 rings (SSSR count). The Balaban J connectivity index is 1.51. The Labute approximate surface area is 151 Å². The van der Waals surface area contributed by atoms with Crippen molar-refractivity contribution in [1.29, 1.82) is 0 Å². The minimum absolute atomic E-state index is 0.245. The molecule has 4 nitrogen and oxygen atoms in total. The number of aryl methyl sites for hydroxylation is 1. The standard InChI is InChI=1S/C19H19FN4S/c1-14-2-4-16(5-3-14)12-24-13-18(11-22-24)23-19(25)21-10-15-6-8-17(20)9-7-15/h2-9,11,13H,10,12H2,1H3,(H2,21,23,25). The molecule has 0 fully saturated rings. The summed E-state index contributed by atoms with van der Waals surface area (Å²) in [4.78, 5) is 0. The Hall–Kier alpha value is -2.73. The van der Waals surface area contributed by atoms with E-state index in [-0.39, 0.29) is 5.82 Å².